The molecule has 4 aliphatic heterocycles. The number of nitrogens with one attached hydrogen (secondary N) is 2. The van der Waals surface area contributed by atoms with Crippen LogP contribution in [0.25, 0.3) is 0 Å². The molecule has 4 fully saturated rings. The minimum absolute atomic E-state index is 0. The van der Waals surface area contributed by atoms with Crippen molar-refractivity contribution in [3.8, 4) is 12.0 Å². The maximum Gasteiger partial charge on any atom is 0.410 e. The molecule has 0 spiro atoms. The number of fused-ring (bicyclic) bond motifs is 4. The Morgan fingerprint density at radius 1 is 0.630 bits per heavy atom. The van der Waals surface area contributed by atoms with E-state index in [0.29, 0.717) is 53.9 Å². The van der Waals surface area contributed by atoms with Crippen LogP contribution in [0.5, 0.6) is 5.75 Å². The van der Waals surface area contributed by atoms with E-state index in [4.69, 9.17) is 14.7 Å². The molecule has 0 aromatic heterocycles. The van der Waals surface area contributed by atoms with Crippen molar-refractivity contribution < 1.29 is 65.1 Å². The summed E-state index contributed by atoms with van der Waals surface area (Å²) in [5, 5.41) is 37.2. The van der Waals surface area contributed by atoms with Gasteiger partial charge in [0.25, 0.3) is 6.26 Å². The molecular formula is C51H58Br2F6N6O8. The molecule has 0 saturated carbocycles. The number of halogens is 8. The fourth-order valence-electron chi connectivity index (χ4n) is 9.33. The Kier molecular flexibility index (Phi) is 18.6. The molecular weight excluding hydrogens is 1100 g/mol. The Bertz CT molecular complexity index is 2630. The fraction of sp³-hybridized carbons (Fsp3) is 0.451. The monoisotopic (exact) mass is 1150 g/mol. The van der Waals surface area contributed by atoms with E-state index in [2.05, 4.69) is 47.2 Å². The van der Waals surface area contributed by atoms with E-state index in [1.54, 1.807) is 43.9 Å². The number of rotatable bonds is 4. The summed E-state index contributed by atoms with van der Waals surface area (Å²) in [4.78, 5) is 42.8. The minimum Gasteiger partial charge on any atom is -0.444 e. The number of urea groups is 1. The van der Waals surface area contributed by atoms with Crippen molar-refractivity contribution in [3.05, 3.63) is 128 Å². The first-order valence-corrected chi connectivity index (χ1v) is 24.2. The highest BCUT2D eigenvalue weighted by Gasteiger charge is 2.56. The molecule has 73 heavy (non-hydrogen) atoms. The van der Waals surface area contributed by atoms with Crippen molar-refractivity contribution in [2.45, 2.75) is 71.4 Å². The number of aliphatic hydroxyl groups is 2. The number of piperidine rings is 4. The normalized spacial score (nSPS) is 23.2. The molecule has 4 bridgehead atoms. The highest BCUT2D eigenvalue weighted by Crippen LogP contribution is 2.47. The lowest BCUT2D eigenvalue weighted by Gasteiger charge is -2.55. The first-order valence-electron chi connectivity index (χ1n) is 22.7. The van der Waals surface area contributed by atoms with Gasteiger partial charge in [-0.2, -0.15) is 0 Å². The number of hydrogen-bond acceptors (Lipinski definition) is 10. The molecule has 14 nitrogen and oxygen atoms in total. The maximum absolute atomic E-state index is 14.4. The Morgan fingerprint density at radius 2 is 1.00 bits per heavy atom. The van der Waals surface area contributed by atoms with Gasteiger partial charge in [-0.3, -0.25) is 0 Å². The second-order valence-corrected chi connectivity index (χ2v) is 21.6. The van der Waals surface area contributed by atoms with E-state index in [9.17, 15) is 50.9 Å². The second-order valence-electron chi connectivity index (χ2n) is 19.9. The first-order chi connectivity index (χ1) is 33.6. The van der Waals surface area contributed by atoms with Crippen molar-refractivity contribution >= 4 is 55.8 Å². The van der Waals surface area contributed by atoms with Gasteiger partial charge in [0.05, 0.1) is 8.95 Å². The maximum atomic E-state index is 14.4. The van der Waals surface area contributed by atoms with Crippen LogP contribution in [0.4, 0.5) is 46.4 Å². The predicted octanol–water partition coefficient (Wildman–Crippen LogP) is 10.4. The highest BCUT2D eigenvalue weighted by atomic mass is 79.9. The summed E-state index contributed by atoms with van der Waals surface area (Å²) in [6.07, 6.45) is 0.391. The largest absolute Gasteiger partial charge is 0.444 e. The Morgan fingerprint density at radius 3 is 1.38 bits per heavy atom. The molecule has 0 aliphatic carbocycles. The number of ether oxygens (including phenoxy) is 3. The van der Waals surface area contributed by atoms with Crippen molar-refractivity contribution in [2.75, 3.05) is 57.7 Å². The van der Waals surface area contributed by atoms with Crippen LogP contribution in [-0.2, 0) is 20.7 Å². The van der Waals surface area contributed by atoms with E-state index in [-0.39, 0.29) is 67.4 Å². The van der Waals surface area contributed by atoms with Crippen molar-refractivity contribution in [1.29, 1.82) is 5.26 Å². The molecule has 4 aliphatic rings. The summed E-state index contributed by atoms with van der Waals surface area (Å²) >= 11 is 6.27. The number of hydrogen-bond donors (Lipinski definition) is 4. The van der Waals surface area contributed by atoms with Crippen LogP contribution in [0.1, 0.15) is 60.1 Å². The standard InChI is InChI=1S/C25H27BrF3N3O4.C18H24BrFN2O3.C7H3F2NO.CH4/c1-24(2,3)36-23(34)32-12-15-10-31(22(33)30-19-8-17(27)7-18(28)9-19)11-16(13-32)25(15,35)14-4-5-20(26)21(29)6-14;1-17(2,3)25-16(23)22-9-12-7-21-8-13(10-22)18(12,24)11-4-5-14(19)15(20)6-11;8-5-1-6(9)3-7(2-5)11-4-10;/h4-9,15-16,35H,10-13H2,1-3H3,(H,30,33);4-6,12-13,21,24H,7-10H2,1-3H3;1-3H;1H4. The summed E-state index contributed by atoms with van der Waals surface area (Å²) < 4.78 is 96.0. The van der Waals surface area contributed by atoms with Gasteiger partial charge < -0.3 is 49.8 Å². The van der Waals surface area contributed by atoms with Gasteiger partial charge in [0.15, 0.2) is 0 Å². The van der Waals surface area contributed by atoms with Gasteiger partial charge in [0, 0.05) is 106 Å². The second kappa shape index (κ2) is 23.3. The molecule has 4 heterocycles. The van der Waals surface area contributed by atoms with E-state index >= 15 is 0 Å². The van der Waals surface area contributed by atoms with Gasteiger partial charge >= 0.3 is 18.2 Å². The van der Waals surface area contributed by atoms with Gasteiger partial charge in [-0.05, 0) is 121 Å². The molecule has 0 radical (unpaired) electrons. The molecule has 4 unspecified atom stereocenters. The summed E-state index contributed by atoms with van der Waals surface area (Å²) in [5.74, 6) is -6.11. The average Bonchev–Trinajstić information content (AvgIpc) is 3.24. The predicted molar refractivity (Wildman–Crippen MR) is 265 cm³/mol. The van der Waals surface area contributed by atoms with Crippen LogP contribution >= 0.6 is 31.9 Å². The Balaban J connectivity index is 0.000000230. The molecule has 22 heteroatoms. The van der Waals surface area contributed by atoms with Gasteiger partial charge in [-0.1, -0.05) is 19.6 Å². The summed E-state index contributed by atoms with van der Waals surface area (Å²) in [5.41, 5.74) is -3.11. The summed E-state index contributed by atoms with van der Waals surface area (Å²) in [6.45, 7) is 12.7. The van der Waals surface area contributed by atoms with Crippen LogP contribution < -0.4 is 15.4 Å². The number of nitrogens with zero attached hydrogens (tertiary/aromatic N) is 4. The number of anilines is 1. The number of carbonyl (C=O) groups is 3. The van der Waals surface area contributed by atoms with Crippen LogP contribution in [-0.4, -0.2) is 107 Å². The van der Waals surface area contributed by atoms with Crippen molar-refractivity contribution in [2.24, 2.45) is 23.7 Å². The van der Waals surface area contributed by atoms with Crippen LogP contribution in [0.15, 0.2) is 81.7 Å². The molecule has 8 rings (SSSR count). The first kappa shape index (κ1) is 58.3. The summed E-state index contributed by atoms with van der Waals surface area (Å²) in [6, 6.07) is 13.7. The topological polar surface area (TPSA) is 177 Å². The third kappa shape index (κ3) is 14.2. The van der Waals surface area contributed by atoms with Gasteiger partial charge in [0.1, 0.15) is 63.1 Å². The summed E-state index contributed by atoms with van der Waals surface area (Å²) in [7, 11) is 0. The zero-order valence-corrected chi connectivity index (χ0v) is 43.2. The van der Waals surface area contributed by atoms with E-state index in [1.165, 1.54) is 34.3 Å². The van der Waals surface area contributed by atoms with Crippen molar-refractivity contribution in [1.82, 2.24) is 20.0 Å². The molecule has 4 N–H and O–H groups in total. The van der Waals surface area contributed by atoms with E-state index in [1.807, 2.05) is 20.8 Å². The molecule has 4 aromatic carbocycles. The van der Waals surface area contributed by atoms with Crippen LogP contribution in [0.3, 0.4) is 0 Å². The zero-order chi connectivity index (χ0) is 53.1. The molecule has 4 aromatic rings. The Hall–Kier alpha value is -5.60. The zero-order valence-electron chi connectivity index (χ0n) is 40.1. The van der Waals surface area contributed by atoms with Gasteiger partial charge in [0.2, 0.25) is 0 Å². The third-order valence-corrected chi connectivity index (χ3v) is 13.7. The van der Waals surface area contributed by atoms with E-state index < -0.39 is 81.3 Å². The van der Waals surface area contributed by atoms with Crippen LogP contribution in [0, 0.1) is 70.1 Å². The van der Waals surface area contributed by atoms with Crippen molar-refractivity contribution in [3.63, 3.8) is 0 Å². The Labute approximate surface area is 436 Å². The number of benzene rings is 4. The average molecular weight is 1160 g/mol. The van der Waals surface area contributed by atoms with Gasteiger partial charge in [-0.25, -0.2) is 40.7 Å². The quantitative estimate of drug-likeness (QED) is 0.114. The third-order valence-electron chi connectivity index (χ3n) is 12.4. The number of carbonyl (C=O) groups excluding carboxylic acids is 3. The molecule has 4 atom stereocenters. The lowest BCUT2D eigenvalue weighted by molar-refractivity contribution is -0.154. The molecule has 4 saturated heterocycles. The molecule has 396 valence electrons. The lowest BCUT2D eigenvalue weighted by Crippen LogP contribution is -2.67. The number of amides is 4. The number of nitriles is 1. The molecule has 4 amide bonds. The lowest BCUT2D eigenvalue weighted by atomic mass is 9.66. The highest BCUT2D eigenvalue weighted by molar-refractivity contribution is 9.10. The minimum atomic E-state index is -1.53. The fourth-order valence-corrected chi connectivity index (χ4v) is 9.82. The SMILES string of the molecule is C.CC(C)(C)OC(=O)N1CC2CN(C(=O)Nc3cc(F)cc(F)c3)CC(C1)C2(O)c1ccc(Br)c(F)c1.CC(C)(C)OC(=O)N1CC2CNCC(C1)C2(O)c1ccc(Br)c(F)c1.N#COc1cc(F)cc(F)c1. The van der Waals surface area contributed by atoms with Crippen LogP contribution in [0.2, 0.25) is 0 Å². The van der Waals surface area contributed by atoms with Gasteiger partial charge in [-0.15, -0.1) is 5.26 Å². The smallest absolute Gasteiger partial charge is 0.410 e. The van der Waals surface area contributed by atoms with E-state index in [0.717, 1.165) is 24.3 Å². The number of likely N-dealkylation sites (tertiary alicyclic amines) is 3.